The average Bonchev–Trinajstić information content (AvgIpc) is 2.08. The van der Waals surface area contributed by atoms with E-state index in [0.29, 0.717) is 24.4 Å². The molecule has 1 rings (SSSR count). The summed E-state index contributed by atoms with van der Waals surface area (Å²) in [6.07, 6.45) is 1.37. The first-order valence-electron chi connectivity index (χ1n) is 4.73. The fourth-order valence-corrected chi connectivity index (χ4v) is 1.83. The van der Waals surface area contributed by atoms with E-state index in [9.17, 15) is 4.79 Å². The van der Waals surface area contributed by atoms with E-state index in [1.807, 2.05) is 6.92 Å². The molecule has 1 fully saturated rings. The second kappa shape index (κ2) is 4.32. The van der Waals surface area contributed by atoms with Crippen molar-refractivity contribution in [3.8, 4) is 0 Å². The molecule has 0 aliphatic carbocycles. The van der Waals surface area contributed by atoms with Crippen LogP contribution in [0.25, 0.3) is 0 Å². The third-order valence-electron chi connectivity index (χ3n) is 2.87. The minimum atomic E-state index is -0.693. The minimum Gasteiger partial charge on any atom is -0.481 e. The van der Waals surface area contributed by atoms with Gasteiger partial charge >= 0.3 is 5.97 Å². The van der Waals surface area contributed by atoms with Gasteiger partial charge in [-0.25, -0.2) is 0 Å². The molecule has 0 amide bonds. The number of hydrogen-bond acceptors (Lipinski definition) is 2. The highest BCUT2D eigenvalue weighted by atomic mass is 35.5. The van der Waals surface area contributed by atoms with E-state index >= 15 is 0 Å². The van der Waals surface area contributed by atoms with Crippen LogP contribution in [0.2, 0.25) is 0 Å². The van der Waals surface area contributed by atoms with Crippen LogP contribution in [0.15, 0.2) is 11.6 Å². The third-order valence-corrected chi connectivity index (χ3v) is 2.99. The first-order chi connectivity index (χ1) is 6.44. The smallest absolute Gasteiger partial charge is 0.309 e. The molecular formula is C10H16ClNO2. The topological polar surface area (TPSA) is 40.5 Å². The molecule has 0 radical (unpaired) electrons. The summed E-state index contributed by atoms with van der Waals surface area (Å²) in [4.78, 5) is 13.1. The summed E-state index contributed by atoms with van der Waals surface area (Å²) in [6.45, 7) is 7.67. The van der Waals surface area contributed by atoms with Crippen LogP contribution in [0.3, 0.4) is 0 Å². The van der Waals surface area contributed by atoms with Crippen LogP contribution < -0.4 is 0 Å². The van der Waals surface area contributed by atoms with Gasteiger partial charge in [-0.2, -0.15) is 0 Å². The molecule has 80 valence electrons. The predicted octanol–water partition coefficient (Wildman–Crippen LogP) is 1.93. The maximum Gasteiger partial charge on any atom is 0.309 e. The second-order valence-electron chi connectivity index (χ2n) is 4.16. The quantitative estimate of drug-likeness (QED) is 0.786. The molecule has 0 atom stereocenters. The fraction of sp³-hybridized carbons (Fsp3) is 0.700. The largest absolute Gasteiger partial charge is 0.481 e. The number of carboxylic acid groups (broad SMARTS) is 1. The summed E-state index contributed by atoms with van der Waals surface area (Å²) in [5, 5.41) is 9.62. The van der Waals surface area contributed by atoms with Gasteiger partial charge in [-0.05, 0) is 32.9 Å². The Bertz CT molecular complexity index is 245. The molecule has 0 aromatic carbocycles. The molecule has 3 nitrogen and oxygen atoms in total. The SMILES string of the molecule is C=C(Cl)CN1CCC(C)(C(=O)O)CC1. The molecule has 1 saturated heterocycles. The highest BCUT2D eigenvalue weighted by Crippen LogP contribution is 2.31. The Morgan fingerprint density at radius 3 is 2.43 bits per heavy atom. The second-order valence-corrected chi connectivity index (χ2v) is 4.69. The summed E-state index contributed by atoms with van der Waals surface area (Å²) in [5.41, 5.74) is -0.551. The van der Waals surface area contributed by atoms with Crippen molar-refractivity contribution < 1.29 is 9.90 Å². The first kappa shape index (κ1) is 11.5. The van der Waals surface area contributed by atoms with Crippen LogP contribution in [0.5, 0.6) is 0 Å². The van der Waals surface area contributed by atoms with Gasteiger partial charge in [0.1, 0.15) is 0 Å². The number of hydrogen-bond donors (Lipinski definition) is 1. The molecule has 0 spiro atoms. The van der Waals surface area contributed by atoms with Crippen LogP contribution in [0.1, 0.15) is 19.8 Å². The number of likely N-dealkylation sites (tertiary alicyclic amines) is 1. The summed E-state index contributed by atoms with van der Waals surface area (Å²) >= 11 is 5.69. The van der Waals surface area contributed by atoms with Crippen molar-refractivity contribution in [2.75, 3.05) is 19.6 Å². The Kier molecular flexibility index (Phi) is 3.56. The van der Waals surface area contributed by atoms with Crippen LogP contribution >= 0.6 is 11.6 Å². The van der Waals surface area contributed by atoms with Crippen LogP contribution in [0.4, 0.5) is 0 Å². The fourth-order valence-electron chi connectivity index (χ4n) is 1.66. The van der Waals surface area contributed by atoms with Gasteiger partial charge < -0.3 is 5.11 Å². The lowest BCUT2D eigenvalue weighted by molar-refractivity contribution is -0.150. The molecule has 1 aliphatic heterocycles. The molecule has 14 heavy (non-hydrogen) atoms. The molecule has 0 saturated carbocycles. The zero-order chi connectivity index (χ0) is 10.8. The van der Waals surface area contributed by atoms with E-state index in [2.05, 4.69) is 11.5 Å². The first-order valence-corrected chi connectivity index (χ1v) is 5.11. The van der Waals surface area contributed by atoms with Gasteiger partial charge in [0.2, 0.25) is 0 Å². The molecule has 1 heterocycles. The van der Waals surface area contributed by atoms with Crippen molar-refractivity contribution >= 4 is 17.6 Å². The monoisotopic (exact) mass is 217 g/mol. The number of carboxylic acids is 1. The average molecular weight is 218 g/mol. The van der Waals surface area contributed by atoms with Gasteiger partial charge in [-0.15, -0.1) is 0 Å². The maximum absolute atomic E-state index is 10.9. The zero-order valence-corrected chi connectivity index (χ0v) is 9.18. The highest BCUT2D eigenvalue weighted by Gasteiger charge is 2.36. The number of piperidine rings is 1. The standard InChI is InChI=1S/C10H16ClNO2/c1-8(11)7-12-5-3-10(2,4-6-12)9(13)14/h1,3-7H2,2H3,(H,13,14). The highest BCUT2D eigenvalue weighted by molar-refractivity contribution is 6.29. The van der Waals surface area contributed by atoms with Gasteiger partial charge in [0.05, 0.1) is 5.41 Å². The molecule has 0 bridgehead atoms. The number of carbonyl (C=O) groups is 1. The van der Waals surface area contributed by atoms with E-state index in [4.69, 9.17) is 16.7 Å². The maximum atomic E-state index is 10.9. The molecule has 1 N–H and O–H groups in total. The Balaban J connectivity index is 2.45. The molecule has 4 heteroatoms. The lowest BCUT2D eigenvalue weighted by Gasteiger charge is -2.36. The lowest BCUT2D eigenvalue weighted by Crippen LogP contribution is -2.42. The van der Waals surface area contributed by atoms with Gasteiger partial charge in [0.15, 0.2) is 0 Å². The van der Waals surface area contributed by atoms with E-state index in [1.54, 1.807) is 0 Å². The Labute approximate surface area is 89.3 Å². The number of rotatable bonds is 3. The van der Waals surface area contributed by atoms with E-state index < -0.39 is 11.4 Å². The van der Waals surface area contributed by atoms with Crippen molar-refractivity contribution in [1.29, 1.82) is 0 Å². The van der Waals surface area contributed by atoms with Crippen LogP contribution in [0, 0.1) is 5.41 Å². The van der Waals surface area contributed by atoms with Crippen LogP contribution in [-0.2, 0) is 4.79 Å². The molecule has 0 aromatic heterocycles. The molecule has 0 unspecified atom stereocenters. The number of aliphatic carboxylic acids is 1. The molecule has 1 aliphatic rings. The zero-order valence-electron chi connectivity index (χ0n) is 8.42. The number of nitrogens with zero attached hydrogens (tertiary/aromatic N) is 1. The van der Waals surface area contributed by atoms with E-state index in [1.165, 1.54) is 0 Å². The van der Waals surface area contributed by atoms with Crippen LogP contribution in [-0.4, -0.2) is 35.6 Å². The molecule has 0 aromatic rings. The Hall–Kier alpha value is -0.540. The Morgan fingerprint density at radius 2 is 2.07 bits per heavy atom. The minimum absolute atomic E-state index is 0.551. The summed E-state index contributed by atoms with van der Waals surface area (Å²) in [6, 6.07) is 0. The van der Waals surface area contributed by atoms with Crippen molar-refractivity contribution in [2.45, 2.75) is 19.8 Å². The number of halogens is 1. The van der Waals surface area contributed by atoms with E-state index in [-0.39, 0.29) is 0 Å². The van der Waals surface area contributed by atoms with Gasteiger partial charge in [0.25, 0.3) is 0 Å². The molecular weight excluding hydrogens is 202 g/mol. The lowest BCUT2D eigenvalue weighted by atomic mass is 9.80. The van der Waals surface area contributed by atoms with Crippen molar-refractivity contribution in [3.63, 3.8) is 0 Å². The normalized spacial score (nSPS) is 21.9. The van der Waals surface area contributed by atoms with Gasteiger partial charge in [-0.1, -0.05) is 18.2 Å². The predicted molar refractivity (Wildman–Crippen MR) is 56.4 cm³/mol. The van der Waals surface area contributed by atoms with Gasteiger partial charge in [-0.3, -0.25) is 9.69 Å². The Morgan fingerprint density at radius 1 is 1.57 bits per heavy atom. The third kappa shape index (κ3) is 2.72. The van der Waals surface area contributed by atoms with Crippen molar-refractivity contribution in [3.05, 3.63) is 11.6 Å². The van der Waals surface area contributed by atoms with Crippen molar-refractivity contribution in [1.82, 2.24) is 4.90 Å². The van der Waals surface area contributed by atoms with E-state index in [0.717, 1.165) is 13.1 Å². The summed E-state index contributed by atoms with van der Waals surface area (Å²) in [7, 11) is 0. The van der Waals surface area contributed by atoms with Crippen molar-refractivity contribution in [2.24, 2.45) is 5.41 Å². The summed E-state index contributed by atoms with van der Waals surface area (Å²) < 4.78 is 0. The van der Waals surface area contributed by atoms with Gasteiger partial charge in [0, 0.05) is 11.6 Å². The summed E-state index contributed by atoms with van der Waals surface area (Å²) in [5.74, 6) is -0.693.